The maximum atomic E-state index is 11.0. The van der Waals surface area contributed by atoms with Crippen molar-refractivity contribution in [3.63, 3.8) is 0 Å². The largest absolute Gasteiger partial charge is 0.352 e. The van der Waals surface area contributed by atoms with E-state index in [0.29, 0.717) is 12.0 Å². The van der Waals surface area contributed by atoms with E-state index >= 15 is 0 Å². The van der Waals surface area contributed by atoms with Crippen LogP contribution in [0.2, 0.25) is 0 Å². The minimum Gasteiger partial charge on any atom is -0.352 e. The molecule has 1 aliphatic carbocycles. The number of carbonyl (C=O) groups excluding carboxylic acids is 1. The Hall–Kier alpha value is -1.02. The molecule has 0 radical (unpaired) electrons. The highest BCUT2D eigenvalue weighted by molar-refractivity contribution is 6.27. The molecule has 0 aromatic heterocycles. The molecule has 14 heavy (non-hydrogen) atoms. The van der Waals surface area contributed by atoms with Crippen molar-refractivity contribution in [3.05, 3.63) is 35.9 Å². The molecular weight excluding hydrogens is 198 g/mol. The Morgan fingerprint density at radius 3 is 2.79 bits per heavy atom. The summed E-state index contributed by atoms with van der Waals surface area (Å²) in [5.41, 5.74) is 1.30. The van der Waals surface area contributed by atoms with Gasteiger partial charge in [0.25, 0.3) is 0 Å². The van der Waals surface area contributed by atoms with Crippen LogP contribution in [0.3, 0.4) is 0 Å². The van der Waals surface area contributed by atoms with Gasteiger partial charge in [0, 0.05) is 12.0 Å². The summed E-state index contributed by atoms with van der Waals surface area (Å²) in [6, 6.07) is 10.5. The molecule has 0 saturated heterocycles. The van der Waals surface area contributed by atoms with Gasteiger partial charge in [0.2, 0.25) is 5.91 Å². The van der Waals surface area contributed by atoms with E-state index in [2.05, 4.69) is 17.4 Å². The lowest BCUT2D eigenvalue weighted by Crippen LogP contribution is -2.27. The molecule has 0 aliphatic heterocycles. The molecule has 0 bridgehead atoms. The molecule has 1 saturated carbocycles. The average molecular weight is 210 g/mol. The lowest BCUT2D eigenvalue weighted by Gasteiger charge is -2.01. The second-order valence-corrected chi connectivity index (χ2v) is 3.83. The second-order valence-electron chi connectivity index (χ2n) is 3.56. The van der Waals surface area contributed by atoms with Gasteiger partial charge in [0.15, 0.2) is 0 Å². The van der Waals surface area contributed by atoms with Crippen LogP contribution in [0.25, 0.3) is 0 Å². The maximum Gasteiger partial charge on any atom is 0.235 e. The van der Waals surface area contributed by atoms with Gasteiger partial charge in [-0.3, -0.25) is 4.79 Å². The van der Waals surface area contributed by atoms with Crippen LogP contribution in [0, 0.1) is 0 Å². The second kappa shape index (κ2) is 4.01. The zero-order chi connectivity index (χ0) is 9.97. The van der Waals surface area contributed by atoms with E-state index in [4.69, 9.17) is 11.6 Å². The van der Waals surface area contributed by atoms with Gasteiger partial charge in [-0.15, -0.1) is 11.6 Å². The number of hydrogen-bond donors (Lipinski definition) is 1. The summed E-state index contributed by atoms with van der Waals surface area (Å²) in [4.78, 5) is 11.0. The minimum absolute atomic E-state index is 0.0536. The maximum absolute atomic E-state index is 11.0. The van der Waals surface area contributed by atoms with Gasteiger partial charge in [0.05, 0.1) is 0 Å². The van der Waals surface area contributed by atoms with E-state index in [0.717, 1.165) is 6.42 Å². The third-order valence-corrected chi connectivity index (χ3v) is 2.73. The van der Waals surface area contributed by atoms with Gasteiger partial charge in [-0.25, -0.2) is 0 Å². The molecule has 1 aromatic carbocycles. The molecule has 0 spiro atoms. The third-order valence-electron chi connectivity index (χ3n) is 2.49. The van der Waals surface area contributed by atoms with Crippen LogP contribution in [-0.4, -0.2) is 17.8 Å². The topological polar surface area (TPSA) is 29.1 Å². The zero-order valence-electron chi connectivity index (χ0n) is 7.74. The molecule has 0 heterocycles. The third kappa shape index (κ3) is 2.07. The molecule has 3 heteroatoms. The van der Waals surface area contributed by atoms with Crippen molar-refractivity contribution in [2.24, 2.45) is 0 Å². The SMILES string of the molecule is O=C(CCl)N[C@@H]1C[C@H]1c1ccccc1. The number of carbonyl (C=O) groups is 1. The van der Waals surface area contributed by atoms with E-state index in [1.54, 1.807) is 0 Å². The number of benzene rings is 1. The van der Waals surface area contributed by atoms with Gasteiger partial charge in [-0.1, -0.05) is 30.3 Å². The van der Waals surface area contributed by atoms with Gasteiger partial charge >= 0.3 is 0 Å². The minimum atomic E-state index is -0.0740. The van der Waals surface area contributed by atoms with Crippen molar-refractivity contribution >= 4 is 17.5 Å². The van der Waals surface area contributed by atoms with Crippen LogP contribution >= 0.6 is 11.6 Å². The molecule has 1 aliphatic rings. The van der Waals surface area contributed by atoms with Crippen molar-refractivity contribution in [1.82, 2.24) is 5.32 Å². The van der Waals surface area contributed by atoms with Crippen molar-refractivity contribution in [3.8, 4) is 0 Å². The Bertz CT molecular complexity index is 325. The summed E-state index contributed by atoms with van der Waals surface area (Å²) in [5, 5.41) is 2.88. The van der Waals surface area contributed by atoms with E-state index in [1.165, 1.54) is 5.56 Å². The molecule has 1 N–H and O–H groups in total. The van der Waals surface area contributed by atoms with Gasteiger partial charge in [0.1, 0.15) is 5.88 Å². The van der Waals surface area contributed by atoms with Gasteiger partial charge < -0.3 is 5.32 Å². The Balaban J connectivity index is 1.91. The number of amides is 1. The molecule has 2 atom stereocenters. The van der Waals surface area contributed by atoms with Gasteiger partial charge in [-0.2, -0.15) is 0 Å². The monoisotopic (exact) mass is 209 g/mol. The van der Waals surface area contributed by atoms with E-state index in [9.17, 15) is 4.79 Å². The van der Waals surface area contributed by atoms with Crippen molar-refractivity contribution < 1.29 is 4.79 Å². The molecule has 2 rings (SSSR count). The fourth-order valence-corrected chi connectivity index (χ4v) is 1.75. The summed E-state index contributed by atoms with van der Waals surface area (Å²) in [6.07, 6.45) is 1.03. The Labute approximate surface area is 88.3 Å². The Kier molecular flexibility index (Phi) is 2.73. The number of hydrogen-bond acceptors (Lipinski definition) is 1. The van der Waals surface area contributed by atoms with Crippen LogP contribution in [0.5, 0.6) is 0 Å². The molecule has 0 unspecified atom stereocenters. The summed E-state index contributed by atoms with van der Waals surface area (Å²) in [5.74, 6) is 0.469. The van der Waals surface area contributed by atoms with Crippen LogP contribution in [0.4, 0.5) is 0 Å². The molecule has 1 aromatic rings. The standard InChI is InChI=1S/C11H12ClNO/c12-7-11(14)13-10-6-9(10)8-4-2-1-3-5-8/h1-5,9-10H,6-7H2,(H,13,14)/t9-,10+/m0/s1. The highest BCUT2D eigenvalue weighted by atomic mass is 35.5. The van der Waals surface area contributed by atoms with E-state index in [1.807, 2.05) is 18.2 Å². The summed E-state index contributed by atoms with van der Waals surface area (Å²) >= 11 is 5.41. The summed E-state index contributed by atoms with van der Waals surface area (Å²) in [7, 11) is 0. The Morgan fingerprint density at radius 2 is 2.14 bits per heavy atom. The molecule has 74 valence electrons. The first-order valence-electron chi connectivity index (χ1n) is 4.71. The molecule has 1 amide bonds. The predicted molar refractivity (Wildman–Crippen MR) is 56.5 cm³/mol. The van der Waals surface area contributed by atoms with Crippen molar-refractivity contribution in [2.75, 3.05) is 5.88 Å². The Morgan fingerprint density at radius 1 is 1.43 bits per heavy atom. The molecular formula is C11H12ClNO. The van der Waals surface area contributed by atoms with E-state index in [-0.39, 0.29) is 11.8 Å². The first-order chi connectivity index (χ1) is 6.81. The molecule has 1 fully saturated rings. The fraction of sp³-hybridized carbons (Fsp3) is 0.364. The van der Waals surface area contributed by atoms with E-state index < -0.39 is 0 Å². The first kappa shape index (κ1) is 9.53. The van der Waals surface area contributed by atoms with Crippen LogP contribution in [-0.2, 0) is 4.79 Å². The van der Waals surface area contributed by atoms with Crippen LogP contribution in [0.1, 0.15) is 17.9 Å². The van der Waals surface area contributed by atoms with Gasteiger partial charge in [-0.05, 0) is 12.0 Å². The number of nitrogens with one attached hydrogen (secondary N) is 1. The lowest BCUT2D eigenvalue weighted by atomic mass is 10.1. The summed E-state index contributed by atoms with van der Waals surface area (Å²) < 4.78 is 0. The summed E-state index contributed by atoms with van der Waals surface area (Å²) in [6.45, 7) is 0. The predicted octanol–water partition coefficient (Wildman–Crippen LogP) is 1.90. The van der Waals surface area contributed by atoms with Crippen LogP contribution < -0.4 is 5.32 Å². The van der Waals surface area contributed by atoms with Crippen LogP contribution in [0.15, 0.2) is 30.3 Å². The van der Waals surface area contributed by atoms with Crippen molar-refractivity contribution in [1.29, 1.82) is 0 Å². The fourth-order valence-electron chi connectivity index (χ4n) is 1.67. The number of rotatable bonds is 3. The quantitative estimate of drug-likeness (QED) is 0.757. The lowest BCUT2D eigenvalue weighted by molar-refractivity contribution is -0.118. The first-order valence-corrected chi connectivity index (χ1v) is 5.25. The highest BCUT2D eigenvalue weighted by Gasteiger charge is 2.38. The average Bonchev–Trinajstić information content (AvgIpc) is 2.98. The molecule has 2 nitrogen and oxygen atoms in total. The zero-order valence-corrected chi connectivity index (χ0v) is 8.50. The highest BCUT2D eigenvalue weighted by Crippen LogP contribution is 2.40. The number of halogens is 1. The van der Waals surface area contributed by atoms with Crippen molar-refractivity contribution in [2.45, 2.75) is 18.4 Å². The number of alkyl halides is 1. The smallest absolute Gasteiger partial charge is 0.235 e. The normalized spacial score (nSPS) is 24.4.